The van der Waals surface area contributed by atoms with Gasteiger partial charge in [-0.2, -0.15) is 5.10 Å². The average molecular weight is 779 g/mol. The van der Waals surface area contributed by atoms with Crippen LogP contribution < -0.4 is 16.0 Å². The number of likely N-dealkylation sites (tertiary alicyclic amines) is 1. The lowest BCUT2D eigenvalue weighted by Crippen LogP contribution is -2.47. The number of carbonyl (C=O) groups is 3. The van der Waals surface area contributed by atoms with Crippen molar-refractivity contribution in [2.24, 2.45) is 0 Å². The molecule has 1 atom stereocenters. The van der Waals surface area contributed by atoms with Crippen molar-refractivity contribution in [3.8, 4) is 22.4 Å². The summed E-state index contributed by atoms with van der Waals surface area (Å²) in [6.07, 6.45) is 8.18. The molecular formula is C46H47FN8O3. The van der Waals surface area contributed by atoms with E-state index in [-0.39, 0.29) is 36.0 Å². The van der Waals surface area contributed by atoms with Gasteiger partial charge in [-0.05, 0) is 115 Å². The molecule has 296 valence electrons. The molecule has 2 aliphatic rings. The average Bonchev–Trinajstić information content (AvgIpc) is 3.67. The van der Waals surface area contributed by atoms with Crippen molar-refractivity contribution >= 4 is 28.9 Å². The molecule has 5 heterocycles. The van der Waals surface area contributed by atoms with Crippen LogP contribution in [0, 0.1) is 12.7 Å². The molecule has 3 amide bonds. The summed E-state index contributed by atoms with van der Waals surface area (Å²) in [5.41, 5.74) is 10.7. The van der Waals surface area contributed by atoms with Crippen LogP contribution in [0.15, 0.2) is 97.6 Å². The zero-order chi connectivity index (χ0) is 40.3. The lowest BCUT2D eigenvalue weighted by molar-refractivity contribution is -0.133. The number of nitrogens with zero attached hydrogens (tertiary/aromatic N) is 5. The molecule has 8 rings (SSSR count). The van der Waals surface area contributed by atoms with Crippen LogP contribution in [0.5, 0.6) is 0 Å². The largest absolute Gasteiger partial charge is 0.374 e. The third kappa shape index (κ3) is 8.52. The first-order chi connectivity index (χ1) is 28.1. The summed E-state index contributed by atoms with van der Waals surface area (Å²) < 4.78 is 16.5. The number of aryl methyl sites for hydroxylation is 1. The van der Waals surface area contributed by atoms with Gasteiger partial charge in [0.05, 0.1) is 11.2 Å². The highest BCUT2D eigenvalue weighted by atomic mass is 19.1. The molecule has 0 bridgehead atoms. The molecule has 0 saturated carbocycles. The molecule has 2 aliphatic heterocycles. The zero-order valence-electron chi connectivity index (χ0n) is 33.0. The second-order valence-corrected chi connectivity index (χ2v) is 15.8. The molecule has 0 aliphatic carbocycles. The Labute approximate surface area is 337 Å². The second kappa shape index (κ2) is 16.7. The van der Waals surface area contributed by atoms with Gasteiger partial charge in [-0.1, -0.05) is 62.4 Å². The van der Waals surface area contributed by atoms with Crippen LogP contribution in [0.25, 0.3) is 27.9 Å². The van der Waals surface area contributed by atoms with Crippen LogP contribution in [-0.4, -0.2) is 61.3 Å². The van der Waals surface area contributed by atoms with E-state index in [1.807, 2.05) is 61.8 Å². The minimum atomic E-state index is -0.622. The van der Waals surface area contributed by atoms with Gasteiger partial charge in [0, 0.05) is 48.7 Å². The Morgan fingerprint density at radius 1 is 0.914 bits per heavy atom. The number of aromatic nitrogens is 4. The predicted molar refractivity (Wildman–Crippen MR) is 222 cm³/mol. The van der Waals surface area contributed by atoms with E-state index in [4.69, 9.17) is 0 Å². The molecule has 58 heavy (non-hydrogen) atoms. The van der Waals surface area contributed by atoms with Crippen LogP contribution in [0.2, 0.25) is 0 Å². The molecule has 3 aromatic carbocycles. The highest BCUT2D eigenvalue weighted by Gasteiger charge is 2.27. The standard InChI is InChI=1S/C46H47FN8O3/c1-28(2)36-21-39(47)44(48-24-36)46(58)49-23-35-9-8-34(20-29(35)3)43-41-22-37(26-55(41)51-27-50-43)32-6-4-30(5-7-32)25-54-18-16-33(17-19-54)31-10-12-38(13-11-31)52-40-14-15-42(56)53-45(40)57/h4-13,20-22,24,26-28,33,40,52H,14-19,23,25H2,1-3H3,(H,49,58)(H,53,56,57). The molecular weight excluding hydrogens is 732 g/mol. The fourth-order valence-electron chi connectivity index (χ4n) is 7.92. The molecule has 11 nitrogen and oxygen atoms in total. The number of benzene rings is 3. The van der Waals surface area contributed by atoms with Crippen LogP contribution >= 0.6 is 0 Å². The van der Waals surface area contributed by atoms with Crippen molar-refractivity contribution in [1.29, 1.82) is 0 Å². The number of halogens is 1. The number of hydrogen-bond acceptors (Lipinski definition) is 8. The minimum Gasteiger partial charge on any atom is -0.374 e. The van der Waals surface area contributed by atoms with Gasteiger partial charge in [-0.25, -0.2) is 18.9 Å². The Morgan fingerprint density at radius 3 is 2.38 bits per heavy atom. The molecule has 6 aromatic rings. The number of nitrogens with one attached hydrogen (secondary N) is 3. The van der Waals surface area contributed by atoms with Crippen LogP contribution in [0.4, 0.5) is 10.1 Å². The topological polar surface area (TPSA) is 134 Å². The number of piperidine rings is 2. The summed E-state index contributed by atoms with van der Waals surface area (Å²) in [4.78, 5) is 47.6. The summed E-state index contributed by atoms with van der Waals surface area (Å²) in [5, 5.41) is 13.0. The number of pyridine rings is 1. The Balaban J connectivity index is 0.860. The number of amides is 3. The number of fused-ring (bicyclic) bond motifs is 1. The zero-order valence-corrected chi connectivity index (χ0v) is 33.0. The first-order valence-electron chi connectivity index (χ1n) is 20.0. The first-order valence-corrected chi connectivity index (χ1v) is 20.0. The Bertz CT molecular complexity index is 2470. The van der Waals surface area contributed by atoms with Crippen LogP contribution in [0.1, 0.15) is 89.7 Å². The molecule has 0 spiro atoms. The molecule has 3 aromatic heterocycles. The highest BCUT2D eigenvalue weighted by Crippen LogP contribution is 2.32. The van der Waals surface area contributed by atoms with Crippen molar-refractivity contribution in [2.45, 2.75) is 77.4 Å². The van der Waals surface area contributed by atoms with E-state index in [9.17, 15) is 18.8 Å². The van der Waals surface area contributed by atoms with Gasteiger partial charge in [0.2, 0.25) is 11.8 Å². The normalized spacial score (nSPS) is 16.5. The van der Waals surface area contributed by atoms with E-state index in [2.05, 4.69) is 78.4 Å². The maximum atomic E-state index is 14.6. The van der Waals surface area contributed by atoms with Gasteiger partial charge < -0.3 is 10.6 Å². The highest BCUT2D eigenvalue weighted by molar-refractivity contribution is 6.01. The van der Waals surface area contributed by atoms with E-state index < -0.39 is 11.7 Å². The summed E-state index contributed by atoms with van der Waals surface area (Å²) in [6.45, 7) is 9.07. The number of anilines is 1. The third-order valence-electron chi connectivity index (χ3n) is 11.4. The molecule has 0 radical (unpaired) electrons. The summed E-state index contributed by atoms with van der Waals surface area (Å²) in [5.74, 6) is -1.02. The van der Waals surface area contributed by atoms with Crippen molar-refractivity contribution in [3.63, 3.8) is 0 Å². The maximum absolute atomic E-state index is 14.6. The van der Waals surface area contributed by atoms with Crippen LogP contribution in [0.3, 0.4) is 0 Å². The van der Waals surface area contributed by atoms with Crippen molar-refractivity contribution in [2.75, 3.05) is 18.4 Å². The molecule has 2 fully saturated rings. The van der Waals surface area contributed by atoms with E-state index in [0.717, 1.165) is 82.8 Å². The van der Waals surface area contributed by atoms with Gasteiger partial charge in [0.25, 0.3) is 5.91 Å². The third-order valence-corrected chi connectivity index (χ3v) is 11.4. The van der Waals surface area contributed by atoms with Gasteiger partial charge in [-0.15, -0.1) is 0 Å². The summed E-state index contributed by atoms with van der Waals surface area (Å²) >= 11 is 0. The number of hydrogen-bond donors (Lipinski definition) is 3. The SMILES string of the molecule is Cc1cc(-c2ncnn3cc(-c4ccc(CN5CCC(c6ccc(NC7CCC(=O)NC7=O)cc6)CC5)cc4)cc23)ccc1CNC(=O)c1ncc(C(C)C)cc1F. The lowest BCUT2D eigenvalue weighted by Gasteiger charge is -2.32. The Morgan fingerprint density at radius 2 is 1.67 bits per heavy atom. The van der Waals surface area contributed by atoms with Gasteiger partial charge in [-0.3, -0.25) is 24.6 Å². The van der Waals surface area contributed by atoms with E-state index >= 15 is 0 Å². The Hall–Kier alpha value is -6.27. The molecule has 2 saturated heterocycles. The van der Waals surface area contributed by atoms with Gasteiger partial charge in [0.15, 0.2) is 11.5 Å². The van der Waals surface area contributed by atoms with Gasteiger partial charge >= 0.3 is 0 Å². The van der Waals surface area contributed by atoms with E-state index in [0.29, 0.717) is 18.8 Å². The van der Waals surface area contributed by atoms with Crippen LogP contribution in [-0.2, 0) is 22.7 Å². The number of rotatable bonds is 11. The molecule has 1 unspecified atom stereocenters. The number of carbonyl (C=O) groups excluding carboxylic acids is 3. The first kappa shape index (κ1) is 38.6. The smallest absolute Gasteiger partial charge is 0.273 e. The maximum Gasteiger partial charge on any atom is 0.273 e. The predicted octanol–water partition coefficient (Wildman–Crippen LogP) is 7.56. The summed E-state index contributed by atoms with van der Waals surface area (Å²) in [7, 11) is 0. The number of imide groups is 1. The van der Waals surface area contributed by atoms with E-state index in [1.165, 1.54) is 17.2 Å². The molecule has 3 N–H and O–H groups in total. The van der Waals surface area contributed by atoms with Gasteiger partial charge in [0.1, 0.15) is 12.4 Å². The second-order valence-electron chi connectivity index (χ2n) is 15.8. The van der Waals surface area contributed by atoms with Crippen molar-refractivity contribution in [1.82, 2.24) is 35.1 Å². The summed E-state index contributed by atoms with van der Waals surface area (Å²) in [6, 6.07) is 26.2. The van der Waals surface area contributed by atoms with Crippen molar-refractivity contribution < 1.29 is 18.8 Å². The van der Waals surface area contributed by atoms with Crippen molar-refractivity contribution in [3.05, 3.63) is 137 Å². The minimum absolute atomic E-state index is 0.117. The van der Waals surface area contributed by atoms with E-state index in [1.54, 1.807) is 12.5 Å². The lowest BCUT2D eigenvalue weighted by atomic mass is 9.89. The fraction of sp³-hybridized carbons (Fsp3) is 0.304. The monoisotopic (exact) mass is 778 g/mol. The molecule has 12 heteroatoms. The quantitative estimate of drug-likeness (QED) is 0.115. The fourth-order valence-corrected chi connectivity index (χ4v) is 7.92. The Kier molecular flexibility index (Phi) is 11.1.